The molecule has 1 aliphatic carbocycles. The van der Waals surface area contributed by atoms with Gasteiger partial charge in [0.2, 0.25) is 0 Å². The lowest BCUT2D eigenvalue weighted by molar-refractivity contribution is 0.141. The third-order valence-electron chi connectivity index (χ3n) is 1.83. The summed E-state index contributed by atoms with van der Waals surface area (Å²) in [6.45, 7) is 1.78. The van der Waals surface area contributed by atoms with E-state index in [0.717, 1.165) is 0 Å². The zero-order valence-electron chi connectivity index (χ0n) is 5.93. The van der Waals surface area contributed by atoms with Crippen LogP contribution in [-0.4, -0.2) is 17.4 Å². The molecule has 0 heterocycles. The molecule has 0 amide bonds. The molecular weight excluding hydrogens is 114 g/mol. The van der Waals surface area contributed by atoms with Crippen molar-refractivity contribution in [3.8, 4) is 0 Å². The van der Waals surface area contributed by atoms with Crippen LogP contribution >= 0.6 is 0 Å². The lowest BCUT2D eigenvalue weighted by Crippen LogP contribution is -2.34. The molecule has 1 aliphatic rings. The summed E-state index contributed by atoms with van der Waals surface area (Å²) in [5.74, 6) is 0. The standard InChI is InChI=1S/C7H15NO/c1-6(9)8-7-4-2-3-5-7/h6-9H,2-5H2,1H3. The van der Waals surface area contributed by atoms with Crippen molar-refractivity contribution in [2.45, 2.75) is 44.9 Å². The van der Waals surface area contributed by atoms with E-state index in [9.17, 15) is 0 Å². The van der Waals surface area contributed by atoms with E-state index < -0.39 is 0 Å². The molecular formula is C7H15NO. The maximum Gasteiger partial charge on any atom is 0.102 e. The van der Waals surface area contributed by atoms with Gasteiger partial charge in [0.05, 0.1) is 0 Å². The van der Waals surface area contributed by atoms with Crippen LogP contribution in [0.2, 0.25) is 0 Å². The highest BCUT2D eigenvalue weighted by Gasteiger charge is 2.14. The number of hydrogen-bond acceptors (Lipinski definition) is 2. The minimum absolute atomic E-state index is 0.326. The fraction of sp³-hybridized carbons (Fsp3) is 1.00. The van der Waals surface area contributed by atoms with Crippen molar-refractivity contribution in [1.82, 2.24) is 5.32 Å². The summed E-state index contributed by atoms with van der Waals surface area (Å²) >= 11 is 0. The van der Waals surface area contributed by atoms with Crippen LogP contribution in [0.1, 0.15) is 32.6 Å². The molecule has 0 radical (unpaired) electrons. The zero-order valence-corrected chi connectivity index (χ0v) is 5.93. The fourth-order valence-corrected chi connectivity index (χ4v) is 1.43. The van der Waals surface area contributed by atoms with Crippen molar-refractivity contribution in [3.05, 3.63) is 0 Å². The molecule has 1 unspecified atom stereocenters. The van der Waals surface area contributed by atoms with Crippen LogP contribution in [-0.2, 0) is 0 Å². The molecule has 1 fully saturated rings. The van der Waals surface area contributed by atoms with Crippen LogP contribution in [0.4, 0.5) is 0 Å². The Labute approximate surface area is 56.3 Å². The van der Waals surface area contributed by atoms with Crippen LogP contribution in [0.15, 0.2) is 0 Å². The molecule has 54 valence electrons. The Balaban J connectivity index is 2.11. The van der Waals surface area contributed by atoms with Crippen LogP contribution in [0, 0.1) is 0 Å². The summed E-state index contributed by atoms with van der Waals surface area (Å²) in [7, 11) is 0. The largest absolute Gasteiger partial charge is 0.379 e. The molecule has 9 heavy (non-hydrogen) atoms. The first kappa shape index (κ1) is 7.03. The highest BCUT2D eigenvalue weighted by atomic mass is 16.3. The van der Waals surface area contributed by atoms with Gasteiger partial charge in [0, 0.05) is 6.04 Å². The lowest BCUT2D eigenvalue weighted by Gasteiger charge is -2.13. The third-order valence-corrected chi connectivity index (χ3v) is 1.83. The van der Waals surface area contributed by atoms with Gasteiger partial charge in [0.1, 0.15) is 6.23 Å². The van der Waals surface area contributed by atoms with Crippen molar-refractivity contribution in [3.63, 3.8) is 0 Å². The van der Waals surface area contributed by atoms with E-state index in [4.69, 9.17) is 5.11 Å². The molecule has 0 aromatic heterocycles. The van der Waals surface area contributed by atoms with Crippen molar-refractivity contribution in [1.29, 1.82) is 0 Å². The highest BCUT2D eigenvalue weighted by Crippen LogP contribution is 2.17. The molecule has 1 rings (SSSR count). The Morgan fingerprint density at radius 1 is 1.44 bits per heavy atom. The maximum absolute atomic E-state index is 8.90. The Morgan fingerprint density at radius 3 is 2.44 bits per heavy atom. The second-order valence-corrected chi connectivity index (χ2v) is 2.82. The molecule has 2 N–H and O–H groups in total. The SMILES string of the molecule is CC(O)NC1CCCC1. The molecule has 0 spiro atoms. The normalized spacial score (nSPS) is 24.7. The van der Waals surface area contributed by atoms with E-state index in [2.05, 4.69) is 5.32 Å². The number of aliphatic hydroxyl groups excluding tert-OH is 1. The van der Waals surface area contributed by atoms with Gasteiger partial charge in [0.15, 0.2) is 0 Å². The first-order chi connectivity index (χ1) is 4.29. The summed E-state index contributed by atoms with van der Waals surface area (Å²) in [6, 6.07) is 0.588. The lowest BCUT2D eigenvalue weighted by atomic mass is 10.2. The summed E-state index contributed by atoms with van der Waals surface area (Å²) in [5, 5.41) is 12.0. The summed E-state index contributed by atoms with van der Waals surface area (Å²) in [6.07, 6.45) is 4.80. The van der Waals surface area contributed by atoms with Crippen LogP contribution in [0.25, 0.3) is 0 Å². The molecule has 0 aliphatic heterocycles. The summed E-state index contributed by atoms with van der Waals surface area (Å²) in [5.41, 5.74) is 0. The van der Waals surface area contributed by atoms with E-state index in [1.807, 2.05) is 0 Å². The quantitative estimate of drug-likeness (QED) is 0.542. The van der Waals surface area contributed by atoms with Crippen LogP contribution in [0.3, 0.4) is 0 Å². The Kier molecular flexibility index (Phi) is 2.49. The Morgan fingerprint density at radius 2 is 2.00 bits per heavy atom. The zero-order chi connectivity index (χ0) is 6.69. The maximum atomic E-state index is 8.90. The Hall–Kier alpha value is -0.0800. The first-order valence-corrected chi connectivity index (χ1v) is 3.73. The number of aliphatic hydroxyl groups is 1. The molecule has 0 saturated heterocycles. The average molecular weight is 129 g/mol. The topological polar surface area (TPSA) is 32.3 Å². The number of rotatable bonds is 2. The van der Waals surface area contributed by atoms with Gasteiger partial charge in [-0.15, -0.1) is 0 Å². The highest BCUT2D eigenvalue weighted by molar-refractivity contribution is 4.73. The predicted molar refractivity (Wildman–Crippen MR) is 37.1 cm³/mol. The number of nitrogens with one attached hydrogen (secondary N) is 1. The second kappa shape index (κ2) is 3.18. The van der Waals surface area contributed by atoms with Gasteiger partial charge < -0.3 is 5.11 Å². The first-order valence-electron chi connectivity index (χ1n) is 3.73. The van der Waals surface area contributed by atoms with E-state index in [1.165, 1.54) is 25.7 Å². The van der Waals surface area contributed by atoms with Gasteiger partial charge in [-0.05, 0) is 19.8 Å². The van der Waals surface area contributed by atoms with Gasteiger partial charge in [-0.1, -0.05) is 12.8 Å². The second-order valence-electron chi connectivity index (χ2n) is 2.82. The molecule has 0 aromatic rings. The van der Waals surface area contributed by atoms with E-state index in [0.29, 0.717) is 6.04 Å². The van der Waals surface area contributed by atoms with Gasteiger partial charge in [-0.25, -0.2) is 0 Å². The van der Waals surface area contributed by atoms with E-state index >= 15 is 0 Å². The van der Waals surface area contributed by atoms with Gasteiger partial charge >= 0.3 is 0 Å². The van der Waals surface area contributed by atoms with Crippen molar-refractivity contribution < 1.29 is 5.11 Å². The molecule has 1 atom stereocenters. The molecule has 2 heteroatoms. The molecule has 2 nitrogen and oxygen atoms in total. The van der Waals surface area contributed by atoms with Crippen LogP contribution < -0.4 is 5.32 Å². The van der Waals surface area contributed by atoms with Crippen molar-refractivity contribution in [2.24, 2.45) is 0 Å². The van der Waals surface area contributed by atoms with Crippen molar-refractivity contribution in [2.75, 3.05) is 0 Å². The molecule has 0 bridgehead atoms. The van der Waals surface area contributed by atoms with E-state index in [-0.39, 0.29) is 6.23 Å². The number of hydrogen-bond donors (Lipinski definition) is 2. The monoisotopic (exact) mass is 129 g/mol. The average Bonchev–Trinajstić information content (AvgIpc) is 2.15. The van der Waals surface area contributed by atoms with E-state index in [1.54, 1.807) is 6.92 Å². The minimum atomic E-state index is -0.326. The smallest absolute Gasteiger partial charge is 0.102 e. The molecule has 1 saturated carbocycles. The molecule has 0 aromatic carbocycles. The Bertz CT molecular complexity index is 77.0. The third kappa shape index (κ3) is 2.33. The summed E-state index contributed by atoms with van der Waals surface area (Å²) in [4.78, 5) is 0. The predicted octanol–water partition coefficient (Wildman–Crippen LogP) is 0.857. The van der Waals surface area contributed by atoms with Crippen LogP contribution in [0.5, 0.6) is 0 Å². The minimum Gasteiger partial charge on any atom is -0.379 e. The van der Waals surface area contributed by atoms with Crippen molar-refractivity contribution >= 4 is 0 Å². The fourth-order valence-electron chi connectivity index (χ4n) is 1.43. The van der Waals surface area contributed by atoms with Gasteiger partial charge in [0.25, 0.3) is 0 Å². The summed E-state index contributed by atoms with van der Waals surface area (Å²) < 4.78 is 0. The van der Waals surface area contributed by atoms with Gasteiger partial charge in [-0.3, -0.25) is 5.32 Å². The van der Waals surface area contributed by atoms with Gasteiger partial charge in [-0.2, -0.15) is 0 Å².